The predicted molar refractivity (Wildman–Crippen MR) is 66.2 cm³/mol. The van der Waals surface area contributed by atoms with Gasteiger partial charge in [-0.25, -0.2) is 4.98 Å². The molecule has 0 aliphatic carbocycles. The van der Waals surface area contributed by atoms with Gasteiger partial charge in [0.25, 0.3) is 5.91 Å². The lowest BCUT2D eigenvalue weighted by molar-refractivity contribution is 0.102. The number of carbonyl (C=O) groups is 1. The Morgan fingerprint density at radius 3 is 3.18 bits per heavy atom. The lowest BCUT2D eigenvalue weighted by Crippen LogP contribution is -2.11. The zero-order valence-corrected chi connectivity index (χ0v) is 9.49. The molecular weight excluding hydrogens is 236 g/mol. The summed E-state index contributed by atoms with van der Waals surface area (Å²) in [7, 11) is 0. The van der Waals surface area contributed by atoms with E-state index in [2.05, 4.69) is 20.5 Å². The molecule has 0 atom stereocenters. The summed E-state index contributed by atoms with van der Waals surface area (Å²) in [5.41, 5.74) is 1.43. The van der Waals surface area contributed by atoms with Crippen LogP contribution < -0.4 is 5.32 Å². The van der Waals surface area contributed by atoms with E-state index in [1.165, 1.54) is 11.3 Å². The summed E-state index contributed by atoms with van der Waals surface area (Å²) in [4.78, 5) is 16.1. The fraction of sp³-hybridized carbons (Fsp3) is 0. The van der Waals surface area contributed by atoms with Gasteiger partial charge in [-0.2, -0.15) is 5.10 Å². The van der Waals surface area contributed by atoms with Gasteiger partial charge in [-0.05, 0) is 12.1 Å². The van der Waals surface area contributed by atoms with Gasteiger partial charge in [-0.1, -0.05) is 6.07 Å². The first-order valence-electron chi connectivity index (χ1n) is 4.97. The quantitative estimate of drug-likeness (QED) is 0.726. The predicted octanol–water partition coefficient (Wildman–Crippen LogP) is 2.27. The summed E-state index contributed by atoms with van der Waals surface area (Å²) in [6.07, 6.45) is 3.30. The van der Waals surface area contributed by atoms with Gasteiger partial charge in [0.15, 0.2) is 5.13 Å². The van der Waals surface area contributed by atoms with E-state index in [-0.39, 0.29) is 5.91 Å². The summed E-state index contributed by atoms with van der Waals surface area (Å²) in [6.45, 7) is 0. The number of nitrogens with zero attached hydrogens (tertiary/aromatic N) is 2. The first kappa shape index (κ1) is 9.98. The molecule has 2 heterocycles. The highest BCUT2D eigenvalue weighted by Gasteiger charge is 2.11. The number of benzene rings is 1. The van der Waals surface area contributed by atoms with Crippen molar-refractivity contribution in [2.45, 2.75) is 0 Å². The first-order chi connectivity index (χ1) is 8.34. The minimum Gasteiger partial charge on any atom is -0.298 e. The van der Waals surface area contributed by atoms with Crippen LogP contribution >= 0.6 is 11.3 Å². The molecule has 0 fully saturated rings. The first-order valence-corrected chi connectivity index (χ1v) is 5.85. The summed E-state index contributed by atoms with van der Waals surface area (Å²) in [6, 6.07) is 5.46. The van der Waals surface area contributed by atoms with Crippen LogP contribution in [0, 0.1) is 0 Å². The summed E-state index contributed by atoms with van der Waals surface area (Å²) in [5.74, 6) is -0.174. The second-order valence-corrected chi connectivity index (χ2v) is 4.32. The Morgan fingerprint density at radius 2 is 2.35 bits per heavy atom. The number of anilines is 1. The van der Waals surface area contributed by atoms with E-state index in [9.17, 15) is 4.79 Å². The molecule has 0 bridgehead atoms. The Bertz CT molecular complexity index is 659. The Morgan fingerprint density at radius 1 is 1.41 bits per heavy atom. The number of hydrogen-bond donors (Lipinski definition) is 2. The van der Waals surface area contributed by atoms with Crippen LogP contribution in [0.3, 0.4) is 0 Å². The smallest absolute Gasteiger partial charge is 0.258 e. The average Bonchev–Trinajstić information content (AvgIpc) is 2.97. The Kier molecular flexibility index (Phi) is 2.34. The molecule has 1 aromatic carbocycles. The number of rotatable bonds is 2. The van der Waals surface area contributed by atoms with Gasteiger partial charge < -0.3 is 0 Å². The van der Waals surface area contributed by atoms with Crippen molar-refractivity contribution >= 4 is 33.3 Å². The molecule has 6 heteroatoms. The van der Waals surface area contributed by atoms with Gasteiger partial charge in [0.2, 0.25) is 0 Å². The Labute approximate surface area is 101 Å². The molecule has 0 radical (unpaired) electrons. The van der Waals surface area contributed by atoms with Crippen LogP contribution in [0.25, 0.3) is 10.9 Å². The fourth-order valence-electron chi connectivity index (χ4n) is 1.62. The van der Waals surface area contributed by atoms with Crippen LogP contribution in [-0.4, -0.2) is 21.1 Å². The molecule has 2 N–H and O–H groups in total. The monoisotopic (exact) mass is 244 g/mol. The van der Waals surface area contributed by atoms with Crippen molar-refractivity contribution in [1.82, 2.24) is 15.2 Å². The van der Waals surface area contributed by atoms with Crippen LogP contribution in [0.5, 0.6) is 0 Å². The van der Waals surface area contributed by atoms with Crippen LogP contribution in [0.2, 0.25) is 0 Å². The largest absolute Gasteiger partial charge is 0.298 e. The fourth-order valence-corrected chi connectivity index (χ4v) is 2.14. The second-order valence-electron chi connectivity index (χ2n) is 3.43. The zero-order valence-electron chi connectivity index (χ0n) is 8.68. The number of fused-ring (bicyclic) bond motifs is 1. The molecule has 0 saturated carbocycles. The zero-order chi connectivity index (χ0) is 11.7. The average molecular weight is 244 g/mol. The van der Waals surface area contributed by atoms with Crippen LogP contribution in [-0.2, 0) is 0 Å². The van der Waals surface area contributed by atoms with Crippen molar-refractivity contribution in [3.8, 4) is 0 Å². The lowest BCUT2D eigenvalue weighted by atomic mass is 10.1. The molecular formula is C11H8N4OS. The maximum absolute atomic E-state index is 12.0. The van der Waals surface area contributed by atoms with Gasteiger partial charge >= 0.3 is 0 Å². The number of carbonyl (C=O) groups excluding carboxylic acids is 1. The number of aromatic amines is 1. The number of aromatic nitrogens is 3. The highest BCUT2D eigenvalue weighted by Crippen LogP contribution is 2.18. The molecule has 17 heavy (non-hydrogen) atoms. The number of hydrogen-bond acceptors (Lipinski definition) is 4. The van der Waals surface area contributed by atoms with E-state index in [0.29, 0.717) is 10.7 Å². The minimum absolute atomic E-state index is 0.174. The highest BCUT2D eigenvalue weighted by molar-refractivity contribution is 7.13. The SMILES string of the molecule is O=C(Nc1nccs1)c1cccc2[nH]ncc12. The molecule has 5 nitrogen and oxygen atoms in total. The molecule has 84 valence electrons. The van der Waals surface area contributed by atoms with Crippen LogP contribution in [0.1, 0.15) is 10.4 Å². The Hall–Kier alpha value is -2.21. The third kappa shape index (κ3) is 1.78. The molecule has 3 aromatic rings. The van der Waals surface area contributed by atoms with Crippen molar-refractivity contribution in [2.24, 2.45) is 0 Å². The van der Waals surface area contributed by atoms with Crippen LogP contribution in [0.15, 0.2) is 36.0 Å². The highest BCUT2D eigenvalue weighted by atomic mass is 32.1. The molecule has 0 aliphatic rings. The van der Waals surface area contributed by atoms with E-state index >= 15 is 0 Å². The summed E-state index contributed by atoms with van der Waals surface area (Å²) in [5, 5.41) is 12.7. The second kappa shape index (κ2) is 3.99. The Balaban J connectivity index is 1.98. The van der Waals surface area contributed by atoms with E-state index in [1.54, 1.807) is 18.5 Å². The number of amides is 1. The van der Waals surface area contributed by atoms with Gasteiger partial charge in [0.05, 0.1) is 17.3 Å². The standard InChI is InChI=1S/C11H8N4OS/c16-10(14-11-12-4-5-17-11)7-2-1-3-9-8(7)6-13-15-9/h1-6H,(H,13,15)(H,12,14,16). The summed E-state index contributed by atoms with van der Waals surface area (Å²) >= 11 is 1.39. The molecule has 0 aliphatic heterocycles. The third-order valence-corrected chi connectivity index (χ3v) is 3.07. The topological polar surface area (TPSA) is 70.7 Å². The molecule has 0 unspecified atom stereocenters. The third-order valence-electron chi connectivity index (χ3n) is 2.38. The number of H-pyrrole nitrogens is 1. The van der Waals surface area contributed by atoms with Gasteiger partial charge in [0.1, 0.15) is 0 Å². The van der Waals surface area contributed by atoms with Crippen molar-refractivity contribution < 1.29 is 4.79 Å². The van der Waals surface area contributed by atoms with Crippen molar-refractivity contribution in [1.29, 1.82) is 0 Å². The maximum Gasteiger partial charge on any atom is 0.258 e. The molecule has 1 amide bonds. The van der Waals surface area contributed by atoms with E-state index in [4.69, 9.17) is 0 Å². The number of nitrogens with one attached hydrogen (secondary N) is 2. The normalized spacial score (nSPS) is 10.6. The van der Waals surface area contributed by atoms with E-state index < -0.39 is 0 Å². The van der Waals surface area contributed by atoms with Gasteiger partial charge in [0, 0.05) is 17.0 Å². The van der Waals surface area contributed by atoms with Crippen molar-refractivity contribution in [3.05, 3.63) is 41.5 Å². The van der Waals surface area contributed by atoms with E-state index in [0.717, 1.165) is 10.9 Å². The minimum atomic E-state index is -0.174. The van der Waals surface area contributed by atoms with Crippen LogP contribution in [0.4, 0.5) is 5.13 Å². The summed E-state index contributed by atoms with van der Waals surface area (Å²) < 4.78 is 0. The molecule has 0 saturated heterocycles. The lowest BCUT2D eigenvalue weighted by Gasteiger charge is -2.02. The van der Waals surface area contributed by atoms with E-state index in [1.807, 2.05) is 17.5 Å². The van der Waals surface area contributed by atoms with Crippen molar-refractivity contribution in [3.63, 3.8) is 0 Å². The van der Waals surface area contributed by atoms with Crippen molar-refractivity contribution in [2.75, 3.05) is 5.32 Å². The number of thiazole rings is 1. The van der Waals surface area contributed by atoms with Gasteiger partial charge in [-0.3, -0.25) is 15.2 Å². The molecule has 2 aromatic heterocycles. The molecule has 0 spiro atoms. The molecule has 3 rings (SSSR count). The maximum atomic E-state index is 12.0. The van der Waals surface area contributed by atoms with Gasteiger partial charge in [-0.15, -0.1) is 11.3 Å².